The van der Waals surface area contributed by atoms with Gasteiger partial charge in [-0.1, -0.05) is 19.1 Å². The van der Waals surface area contributed by atoms with Crippen LogP contribution in [0.1, 0.15) is 47.2 Å². The third-order valence-electron chi connectivity index (χ3n) is 5.80. The van der Waals surface area contributed by atoms with E-state index >= 15 is 0 Å². The number of hydrogen-bond acceptors (Lipinski definition) is 5. The molecule has 0 atom stereocenters. The lowest BCUT2D eigenvalue weighted by atomic mass is 9.97. The van der Waals surface area contributed by atoms with Crippen molar-refractivity contribution < 1.29 is 18.4 Å². The number of aromatic nitrogens is 1. The number of hydrogen-bond donors (Lipinski definition) is 2. The predicted molar refractivity (Wildman–Crippen MR) is 135 cm³/mol. The second-order valence-electron chi connectivity index (χ2n) is 8.85. The number of rotatable bonds is 6. The van der Waals surface area contributed by atoms with Crippen molar-refractivity contribution >= 4 is 22.9 Å². The van der Waals surface area contributed by atoms with Gasteiger partial charge in [-0.25, -0.2) is 9.37 Å². The van der Waals surface area contributed by atoms with E-state index in [-0.39, 0.29) is 17.5 Å². The first kappa shape index (κ1) is 24.6. The molecule has 182 valence electrons. The van der Waals surface area contributed by atoms with Gasteiger partial charge in [0.25, 0.3) is 11.8 Å². The van der Waals surface area contributed by atoms with Crippen LogP contribution in [0, 0.1) is 17.1 Å². The van der Waals surface area contributed by atoms with E-state index in [1.165, 1.54) is 19.2 Å². The Hall–Kier alpha value is -4.51. The number of amides is 2. The third-order valence-corrected chi connectivity index (χ3v) is 5.80. The zero-order valence-electron chi connectivity index (χ0n) is 20.4. The van der Waals surface area contributed by atoms with Gasteiger partial charge >= 0.3 is 0 Å². The summed E-state index contributed by atoms with van der Waals surface area (Å²) < 4.78 is 19.5. The van der Waals surface area contributed by atoms with Crippen molar-refractivity contribution in [3.63, 3.8) is 0 Å². The van der Waals surface area contributed by atoms with Crippen LogP contribution in [-0.4, -0.2) is 29.4 Å². The van der Waals surface area contributed by atoms with E-state index in [0.29, 0.717) is 34.3 Å². The molecular weight excluding hydrogens is 459 g/mol. The predicted octanol–water partition coefficient (Wildman–Crippen LogP) is 5.25. The van der Waals surface area contributed by atoms with Gasteiger partial charge in [0.05, 0.1) is 22.7 Å². The van der Waals surface area contributed by atoms with Crippen LogP contribution in [0.15, 0.2) is 59.0 Å². The van der Waals surface area contributed by atoms with Crippen LogP contribution in [0.5, 0.6) is 0 Å². The lowest BCUT2D eigenvalue weighted by Gasteiger charge is -2.18. The number of carbonyl (C=O) groups is 2. The highest BCUT2D eigenvalue weighted by atomic mass is 19.1. The van der Waals surface area contributed by atoms with E-state index in [1.54, 1.807) is 44.2 Å². The van der Waals surface area contributed by atoms with Gasteiger partial charge in [0.1, 0.15) is 17.1 Å². The molecule has 2 heterocycles. The normalized spacial score (nSPS) is 11.2. The summed E-state index contributed by atoms with van der Waals surface area (Å²) in [4.78, 5) is 30.4. The van der Waals surface area contributed by atoms with E-state index < -0.39 is 11.4 Å². The Kier molecular flexibility index (Phi) is 6.58. The summed E-state index contributed by atoms with van der Waals surface area (Å²) in [5, 5.41) is 15.1. The molecule has 0 aliphatic rings. The fourth-order valence-electron chi connectivity index (χ4n) is 3.95. The fraction of sp³-hybridized carbons (Fsp3) is 0.214. The fourth-order valence-corrected chi connectivity index (χ4v) is 3.95. The van der Waals surface area contributed by atoms with Crippen molar-refractivity contribution in [1.82, 2.24) is 15.6 Å². The van der Waals surface area contributed by atoms with Crippen molar-refractivity contribution in [2.24, 2.45) is 0 Å². The first-order chi connectivity index (χ1) is 17.2. The van der Waals surface area contributed by atoms with Gasteiger partial charge in [-0.3, -0.25) is 9.59 Å². The molecule has 2 aromatic heterocycles. The standard InChI is InChI=1S/C28H25FN4O3/c1-5-22-20(17-7-6-8-18(13-17)25(34)33-28(2,3)15-30)14-21-23(26(35)31-4)24(36-27(21)32-22)16-9-11-19(29)12-10-16/h6-14H,5H2,1-4H3,(H,31,35)(H,33,34). The minimum absolute atomic E-state index is 0.290. The Morgan fingerprint density at radius 2 is 1.81 bits per heavy atom. The number of nitriles is 1. The Morgan fingerprint density at radius 3 is 2.44 bits per heavy atom. The van der Waals surface area contributed by atoms with Crippen LogP contribution in [0.25, 0.3) is 33.6 Å². The minimum Gasteiger partial charge on any atom is -0.437 e. The maximum Gasteiger partial charge on any atom is 0.255 e. The molecule has 36 heavy (non-hydrogen) atoms. The molecule has 4 rings (SSSR count). The Labute approximate surface area is 208 Å². The molecule has 0 unspecified atom stereocenters. The summed E-state index contributed by atoms with van der Waals surface area (Å²) in [6.45, 7) is 5.20. The van der Waals surface area contributed by atoms with E-state index in [1.807, 2.05) is 19.1 Å². The first-order valence-electron chi connectivity index (χ1n) is 11.5. The summed E-state index contributed by atoms with van der Waals surface area (Å²) >= 11 is 0. The lowest BCUT2D eigenvalue weighted by Crippen LogP contribution is -2.42. The molecule has 0 radical (unpaired) electrons. The Morgan fingerprint density at radius 1 is 1.08 bits per heavy atom. The van der Waals surface area contributed by atoms with Gasteiger partial charge in [0, 0.05) is 23.7 Å². The monoisotopic (exact) mass is 484 g/mol. The van der Waals surface area contributed by atoms with Crippen molar-refractivity contribution in [3.05, 3.63) is 77.2 Å². The molecule has 0 saturated heterocycles. The average Bonchev–Trinajstić information content (AvgIpc) is 3.26. The van der Waals surface area contributed by atoms with Crippen LogP contribution in [0.4, 0.5) is 4.39 Å². The largest absolute Gasteiger partial charge is 0.437 e. The number of nitrogens with zero attached hydrogens (tertiary/aromatic N) is 2. The SMILES string of the molecule is CCc1nc2oc(-c3ccc(F)cc3)c(C(=O)NC)c2cc1-c1cccc(C(=O)NC(C)(C)C#N)c1. The molecular formula is C28H25FN4O3. The summed E-state index contributed by atoms with van der Waals surface area (Å²) in [6, 6.07) is 16.6. The van der Waals surface area contributed by atoms with Gasteiger partial charge in [-0.05, 0) is 68.3 Å². The second kappa shape index (κ2) is 9.62. The number of furan rings is 1. The van der Waals surface area contributed by atoms with Crippen molar-refractivity contribution in [1.29, 1.82) is 5.26 Å². The van der Waals surface area contributed by atoms with Crippen LogP contribution in [-0.2, 0) is 6.42 Å². The van der Waals surface area contributed by atoms with Gasteiger partial charge in [0.2, 0.25) is 5.71 Å². The Balaban J connectivity index is 1.89. The molecule has 0 fully saturated rings. The van der Waals surface area contributed by atoms with E-state index in [2.05, 4.69) is 16.7 Å². The highest BCUT2D eigenvalue weighted by Crippen LogP contribution is 2.36. The Bertz CT molecular complexity index is 1510. The van der Waals surface area contributed by atoms with Gasteiger partial charge in [0.15, 0.2) is 0 Å². The van der Waals surface area contributed by atoms with Crippen molar-refractivity contribution in [3.8, 4) is 28.5 Å². The summed E-state index contributed by atoms with van der Waals surface area (Å²) in [6.07, 6.45) is 0.574. The lowest BCUT2D eigenvalue weighted by molar-refractivity contribution is 0.0927. The summed E-state index contributed by atoms with van der Waals surface area (Å²) in [5.41, 5.74) is 2.71. The number of pyridine rings is 1. The van der Waals surface area contributed by atoms with E-state index in [9.17, 15) is 19.2 Å². The summed E-state index contributed by atoms with van der Waals surface area (Å²) in [7, 11) is 1.52. The summed E-state index contributed by atoms with van der Waals surface area (Å²) in [5.74, 6) is -0.838. The number of carbonyl (C=O) groups excluding carboxylic acids is 2. The minimum atomic E-state index is -1.02. The van der Waals surface area contributed by atoms with Gasteiger partial charge in [-0.2, -0.15) is 5.26 Å². The highest BCUT2D eigenvalue weighted by Gasteiger charge is 2.25. The molecule has 4 aromatic rings. The number of fused-ring (bicyclic) bond motifs is 1. The van der Waals surface area contributed by atoms with E-state index in [4.69, 9.17) is 9.40 Å². The highest BCUT2D eigenvalue weighted by molar-refractivity contribution is 6.11. The van der Waals surface area contributed by atoms with Crippen molar-refractivity contribution in [2.45, 2.75) is 32.7 Å². The van der Waals surface area contributed by atoms with Gasteiger partial charge < -0.3 is 15.1 Å². The molecule has 8 heteroatoms. The van der Waals surface area contributed by atoms with Gasteiger partial charge in [-0.15, -0.1) is 0 Å². The van der Waals surface area contributed by atoms with Crippen LogP contribution >= 0.6 is 0 Å². The smallest absolute Gasteiger partial charge is 0.255 e. The topological polar surface area (TPSA) is 108 Å². The molecule has 2 N–H and O–H groups in total. The molecule has 7 nitrogen and oxygen atoms in total. The maximum absolute atomic E-state index is 13.5. The molecule has 0 saturated carbocycles. The zero-order chi connectivity index (χ0) is 26.0. The van der Waals surface area contributed by atoms with Crippen molar-refractivity contribution in [2.75, 3.05) is 7.05 Å². The molecule has 0 bridgehead atoms. The molecule has 0 aliphatic carbocycles. The number of nitrogens with one attached hydrogen (secondary N) is 2. The second-order valence-corrected chi connectivity index (χ2v) is 8.85. The third kappa shape index (κ3) is 4.68. The average molecular weight is 485 g/mol. The number of halogens is 1. The molecule has 2 aromatic carbocycles. The number of benzene rings is 2. The van der Waals surface area contributed by atoms with Crippen LogP contribution in [0.3, 0.4) is 0 Å². The zero-order valence-corrected chi connectivity index (χ0v) is 20.4. The molecule has 2 amide bonds. The van der Waals surface area contributed by atoms with E-state index in [0.717, 1.165) is 16.8 Å². The molecule has 0 aliphatic heterocycles. The first-order valence-corrected chi connectivity index (χ1v) is 11.5. The quantitative estimate of drug-likeness (QED) is 0.388. The van der Waals surface area contributed by atoms with Crippen LogP contribution in [0.2, 0.25) is 0 Å². The van der Waals surface area contributed by atoms with Crippen LogP contribution < -0.4 is 10.6 Å². The molecule has 0 spiro atoms. The maximum atomic E-state index is 13.5. The number of aryl methyl sites for hydroxylation is 1.